The Hall–Kier alpha value is -1.57. The largest absolute Gasteiger partial charge is 0.496 e. The minimum atomic E-state index is -0.0402. The van der Waals surface area contributed by atoms with Gasteiger partial charge in [-0.2, -0.15) is 0 Å². The first-order valence-electron chi connectivity index (χ1n) is 6.52. The molecular formula is C16H16ClO3P. The van der Waals surface area contributed by atoms with Crippen molar-refractivity contribution in [1.82, 2.24) is 0 Å². The van der Waals surface area contributed by atoms with E-state index in [0.29, 0.717) is 22.9 Å². The molecule has 2 aromatic rings. The average Bonchev–Trinajstić information content (AvgIpc) is 2.49. The molecule has 0 aliphatic heterocycles. The SMILES string of the molecule is CCOc1ccc(PC(=O)c2c(Cl)cccc2OC)cc1. The molecule has 0 aromatic heterocycles. The second-order valence-electron chi connectivity index (χ2n) is 4.23. The number of benzene rings is 2. The Labute approximate surface area is 131 Å². The summed E-state index contributed by atoms with van der Waals surface area (Å²) < 4.78 is 10.6. The Morgan fingerprint density at radius 3 is 2.52 bits per heavy atom. The Balaban J connectivity index is 2.18. The van der Waals surface area contributed by atoms with Gasteiger partial charge in [-0.3, -0.25) is 4.79 Å². The monoisotopic (exact) mass is 322 g/mol. The van der Waals surface area contributed by atoms with Crippen LogP contribution in [0.4, 0.5) is 0 Å². The van der Waals surface area contributed by atoms with Gasteiger partial charge in [0.2, 0.25) is 0 Å². The Morgan fingerprint density at radius 1 is 1.19 bits per heavy atom. The number of halogens is 1. The average molecular weight is 323 g/mol. The lowest BCUT2D eigenvalue weighted by atomic mass is 10.2. The summed E-state index contributed by atoms with van der Waals surface area (Å²) in [4.78, 5) is 12.4. The van der Waals surface area contributed by atoms with E-state index in [4.69, 9.17) is 21.1 Å². The summed E-state index contributed by atoms with van der Waals surface area (Å²) in [6.45, 7) is 2.56. The van der Waals surface area contributed by atoms with Crippen LogP contribution in [0.5, 0.6) is 11.5 Å². The minimum Gasteiger partial charge on any atom is -0.496 e. The fraction of sp³-hybridized carbons (Fsp3) is 0.188. The molecule has 0 amide bonds. The van der Waals surface area contributed by atoms with Crippen LogP contribution in [-0.4, -0.2) is 19.2 Å². The van der Waals surface area contributed by atoms with Crippen LogP contribution in [0.25, 0.3) is 0 Å². The molecule has 5 heteroatoms. The fourth-order valence-corrected chi connectivity index (χ4v) is 3.20. The van der Waals surface area contributed by atoms with Crippen LogP contribution in [0, 0.1) is 0 Å². The highest BCUT2D eigenvalue weighted by atomic mass is 35.5. The third-order valence-electron chi connectivity index (χ3n) is 2.85. The van der Waals surface area contributed by atoms with E-state index < -0.39 is 0 Å². The second-order valence-corrected chi connectivity index (χ2v) is 5.92. The summed E-state index contributed by atoms with van der Waals surface area (Å²) in [6, 6.07) is 12.7. The molecule has 0 radical (unpaired) electrons. The lowest BCUT2D eigenvalue weighted by molar-refractivity contribution is 0.108. The maximum Gasteiger partial charge on any atom is 0.190 e. The third-order valence-corrected chi connectivity index (χ3v) is 4.26. The van der Waals surface area contributed by atoms with Crippen LogP contribution < -0.4 is 14.8 Å². The molecule has 0 N–H and O–H groups in total. The van der Waals surface area contributed by atoms with Crippen molar-refractivity contribution in [2.75, 3.05) is 13.7 Å². The first-order valence-corrected chi connectivity index (χ1v) is 7.90. The smallest absolute Gasteiger partial charge is 0.190 e. The Kier molecular flexibility index (Phi) is 5.60. The molecule has 0 aliphatic rings. The van der Waals surface area contributed by atoms with E-state index in [1.54, 1.807) is 18.2 Å². The summed E-state index contributed by atoms with van der Waals surface area (Å²) in [5, 5.41) is 1.35. The van der Waals surface area contributed by atoms with Crippen molar-refractivity contribution in [3.05, 3.63) is 53.1 Å². The molecule has 1 atom stereocenters. The van der Waals surface area contributed by atoms with E-state index in [1.165, 1.54) is 7.11 Å². The number of methoxy groups -OCH3 is 1. The van der Waals surface area contributed by atoms with Gasteiger partial charge in [-0.25, -0.2) is 0 Å². The van der Waals surface area contributed by atoms with Crippen LogP contribution in [-0.2, 0) is 0 Å². The van der Waals surface area contributed by atoms with Crippen molar-refractivity contribution in [3.8, 4) is 11.5 Å². The van der Waals surface area contributed by atoms with Crippen molar-refractivity contribution in [2.45, 2.75) is 6.92 Å². The summed E-state index contributed by atoms with van der Waals surface area (Å²) in [7, 11) is 1.52. The molecule has 0 heterocycles. The zero-order chi connectivity index (χ0) is 15.2. The van der Waals surface area contributed by atoms with Gasteiger partial charge in [0.1, 0.15) is 11.5 Å². The molecule has 0 aliphatic carbocycles. The maximum absolute atomic E-state index is 12.4. The lowest BCUT2D eigenvalue weighted by Gasteiger charge is -2.09. The molecule has 21 heavy (non-hydrogen) atoms. The van der Waals surface area contributed by atoms with Crippen molar-refractivity contribution in [2.24, 2.45) is 0 Å². The lowest BCUT2D eigenvalue weighted by Crippen LogP contribution is -2.04. The van der Waals surface area contributed by atoms with Crippen molar-refractivity contribution >= 4 is 31.0 Å². The van der Waals surface area contributed by atoms with E-state index in [1.807, 2.05) is 31.2 Å². The van der Waals surface area contributed by atoms with Gasteiger partial charge in [0.15, 0.2) is 5.52 Å². The quantitative estimate of drug-likeness (QED) is 0.757. The number of carbonyl (C=O) groups excluding carboxylic acids is 1. The fourth-order valence-electron chi connectivity index (χ4n) is 1.89. The van der Waals surface area contributed by atoms with Crippen LogP contribution in [0.3, 0.4) is 0 Å². The normalized spacial score (nSPS) is 10.8. The predicted octanol–water partition coefficient (Wildman–Crippen LogP) is 3.89. The van der Waals surface area contributed by atoms with Gasteiger partial charge < -0.3 is 9.47 Å². The molecule has 1 unspecified atom stereocenters. The number of ether oxygens (including phenoxy) is 2. The van der Waals surface area contributed by atoms with Gasteiger partial charge in [0.05, 0.1) is 24.3 Å². The Morgan fingerprint density at radius 2 is 1.90 bits per heavy atom. The van der Waals surface area contributed by atoms with E-state index in [2.05, 4.69) is 0 Å². The standard InChI is InChI=1S/C16H16ClO3P/c1-3-20-11-7-9-12(10-8-11)21-16(18)15-13(17)5-4-6-14(15)19-2/h4-10,21H,3H2,1-2H3. The highest BCUT2D eigenvalue weighted by Crippen LogP contribution is 2.32. The van der Waals surface area contributed by atoms with Gasteiger partial charge >= 0.3 is 0 Å². The molecule has 2 aromatic carbocycles. The van der Waals surface area contributed by atoms with Crippen molar-refractivity contribution in [3.63, 3.8) is 0 Å². The van der Waals surface area contributed by atoms with Crippen LogP contribution in [0.15, 0.2) is 42.5 Å². The van der Waals surface area contributed by atoms with Crippen LogP contribution in [0.2, 0.25) is 5.02 Å². The number of carbonyl (C=O) groups is 1. The van der Waals surface area contributed by atoms with Crippen molar-refractivity contribution < 1.29 is 14.3 Å². The Bertz CT molecular complexity index is 626. The second kappa shape index (κ2) is 7.44. The van der Waals surface area contributed by atoms with Crippen LogP contribution >= 0.6 is 20.2 Å². The van der Waals surface area contributed by atoms with Gasteiger partial charge in [0.25, 0.3) is 0 Å². The first kappa shape index (κ1) is 15.8. The molecule has 0 spiro atoms. The highest BCUT2D eigenvalue weighted by molar-refractivity contribution is 7.66. The zero-order valence-corrected chi connectivity index (χ0v) is 13.6. The van der Waals surface area contributed by atoms with E-state index in [-0.39, 0.29) is 14.1 Å². The van der Waals surface area contributed by atoms with Gasteiger partial charge in [-0.05, 0) is 45.1 Å². The highest BCUT2D eigenvalue weighted by Gasteiger charge is 2.16. The molecule has 0 saturated carbocycles. The summed E-state index contributed by atoms with van der Waals surface area (Å²) >= 11 is 6.12. The molecule has 110 valence electrons. The first-order chi connectivity index (χ1) is 10.2. The minimum absolute atomic E-state index is 0.00898. The molecule has 0 saturated heterocycles. The summed E-state index contributed by atoms with van der Waals surface area (Å²) in [5.74, 6) is 1.31. The van der Waals surface area contributed by atoms with Crippen molar-refractivity contribution in [1.29, 1.82) is 0 Å². The van der Waals surface area contributed by atoms with Gasteiger partial charge in [0, 0.05) is 0 Å². The van der Waals surface area contributed by atoms with Gasteiger partial charge in [-0.15, -0.1) is 0 Å². The molecular weight excluding hydrogens is 307 g/mol. The molecule has 0 bridgehead atoms. The topological polar surface area (TPSA) is 35.5 Å². The molecule has 2 rings (SSSR count). The summed E-state index contributed by atoms with van der Waals surface area (Å²) in [6.07, 6.45) is 0. The predicted molar refractivity (Wildman–Crippen MR) is 87.9 cm³/mol. The number of hydrogen-bond acceptors (Lipinski definition) is 3. The number of hydrogen-bond donors (Lipinski definition) is 0. The zero-order valence-electron chi connectivity index (χ0n) is 11.9. The van der Waals surface area contributed by atoms with E-state index >= 15 is 0 Å². The van der Waals surface area contributed by atoms with Gasteiger partial charge in [-0.1, -0.05) is 29.8 Å². The summed E-state index contributed by atoms with van der Waals surface area (Å²) in [5.41, 5.74) is 0.399. The maximum atomic E-state index is 12.4. The molecule has 3 nitrogen and oxygen atoms in total. The molecule has 0 fully saturated rings. The van der Waals surface area contributed by atoms with E-state index in [9.17, 15) is 4.79 Å². The van der Waals surface area contributed by atoms with Crippen LogP contribution in [0.1, 0.15) is 17.3 Å². The number of rotatable bonds is 6. The van der Waals surface area contributed by atoms with E-state index in [0.717, 1.165) is 11.1 Å². The third kappa shape index (κ3) is 3.96.